The number of aromatic nitrogens is 1. The van der Waals surface area contributed by atoms with Crippen LogP contribution >= 0.6 is 0 Å². The molecule has 0 fully saturated rings. The van der Waals surface area contributed by atoms with Crippen molar-refractivity contribution in [3.63, 3.8) is 0 Å². The van der Waals surface area contributed by atoms with Gasteiger partial charge in [-0.1, -0.05) is 6.07 Å². The first-order valence-electron chi connectivity index (χ1n) is 5.21. The Balaban J connectivity index is 2.32. The van der Waals surface area contributed by atoms with E-state index in [9.17, 15) is 4.79 Å². The Morgan fingerprint density at radius 1 is 1.53 bits per heavy atom. The molecular weight excluding hydrogens is 220 g/mol. The van der Waals surface area contributed by atoms with E-state index < -0.39 is 6.04 Å². The molecule has 4 N–H and O–H groups in total. The number of rotatable bonds is 3. The molecule has 90 valence electrons. The number of nitrogens with two attached hydrogens (primary N) is 1. The molecule has 1 aromatic heterocycles. The third-order valence-corrected chi connectivity index (χ3v) is 2.41. The predicted octanol–water partition coefficient (Wildman–Crippen LogP) is 0.387. The normalized spacial score (nSPS) is 12.6. The second-order valence-electron chi connectivity index (χ2n) is 3.68. The molecule has 0 radical (unpaired) electrons. The third kappa shape index (κ3) is 2.27. The molecule has 2 aromatic rings. The Hall–Kier alpha value is -1.92. The Labute approximate surface area is 98.2 Å². The molecule has 1 aromatic carbocycles. The van der Waals surface area contributed by atoms with Crippen molar-refractivity contribution in [2.75, 3.05) is 7.05 Å². The van der Waals surface area contributed by atoms with E-state index in [0.717, 1.165) is 0 Å². The highest BCUT2D eigenvalue weighted by Gasteiger charge is 2.16. The predicted molar refractivity (Wildman–Crippen MR) is 62.9 cm³/mol. The molecule has 0 spiro atoms. The highest BCUT2D eigenvalue weighted by atomic mass is 16.3. The van der Waals surface area contributed by atoms with Gasteiger partial charge in [-0.25, -0.2) is 10.4 Å². The maximum atomic E-state index is 11.5. The summed E-state index contributed by atoms with van der Waals surface area (Å²) in [7, 11) is 1.61. The summed E-state index contributed by atoms with van der Waals surface area (Å²) >= 11 is 0. The van der Waals surface area contributed by atoms with Crippen LogP contribution < -0.4 is 16.6 Å². The first-order valence-corrected chi connectivity index (χ1v) is 5.21. The van der Waals surface area contributed by atoms with Crippen LogP contribution in [0.4, 0.5) is 0 Å². The number of hydrazine groups is 1. The number of carbonyl (C=O) groups is 1. The molecule has 0 aliphatic rings. The zero-order chi connectivity index (χ0) is 12.4. The van der Waals surface area contributed by atoms with E-state index in [-0.39, 0.29) is 5.91 Å². The largest absolute Gasteiger partial charge is 0.441 e. The summed E-state index contributed by atoms with van der Waals surface area (Å²) in [4.78, 5) is 15.7. The summed E-state index contributed by atoms with van der Waals surface area (Å²) in [6.07, 6.45) is 0. The zero-order valence-electron chi connectivity index (χ0n) is 9.65. The van der Waals surface area contributed by atoms with Gasteiger partial charge >= 0.3 is 0 Å². The number of benzene rings is 1. The van der Waals surface area contributed by atoms with Crippen LogP contribution in [0, 0.1) is 6.92 Å². The standard InChI is InChI=1S/C11H14N4O2/c1-6-14-8-5-7(3-4-9(8)17-6)10(12)11(16)15-13-2/h3-5,10,13H,12H2,1-2H3,(H,15,16). The lowest BCUT2D eigenvalue weighted by molar-refractivity contribution is -0.123. The van der Waals surface area contributed by atoms with Crippen LogP contribution in [0.15, 0.2) is 22.6 Å². The van der Waals surface area contributed by atoms with E-state index in [2.05, 4.69) is 15.8 Å². The minimum Gasteiger partial charge on any atom is -0.441 e. The molecule has 2 rings (SSSR count). The Kier molecular flexibility index (Phi) is 3.08. The van der Waals surface area contributed by atoms with Crippen LogP contribution in [0.2, 0.25) is 0 Å². The highest BCUT2D eigenvalue weighted by Crippen LogP contribution is 2.19. The lowest BCUT2D eigenvalue weighted by Gasteiger charge is -2.11. The number of amides is 1. The van der Waals surface area contributed by atoms with Gasteiger partial charge < -0.3 is 10.2 Å². The molecule has 6 heteroatoms. The molecule has 6 nitrogen and oxygen atoms in total. The maximum Gasteiger partial charge on any atom is 0.255 e. The average Bonchev–Trinajstić information content (AvgIpc) is 2.67. The van der Waals surface area contributed by atoms with Gasteiger partial charge in [0.25, 0.3) is 5.91 Å². The topological polar surface area (TPSA) is 93.2 Å². The molecule has 1 heterocycles. The van der Waals surface area contributed by atoms with Crippen molar-refractivity contribution >= 4 is 17.0 Å². The van der Waals surface area contributed by atoms with Crippen molar-refractivity contribution in [1.82, 2.24) is 15.8 Å². The van der Waals surface area contributed by atoms with Crippen molar-refractivity contribution in [2.24, 2.45) is 5.73 Å². The van der Waals surface area contributed by atoms with Gasteiger partial charge in [0, 0.05) is 14.0 Å². The summed E-state index contributed by atoms with van der Waals surface area (Å²) in [6, 6.07) is 4.54. The average molecular weight is 234 g/mol. The quantitative estimate of drug-likeness (QED) is 0.668. The number of aryl methyl sites for hydroxylation is 1. The van der Waals surface area contributed by atoms with E-state index in [1.165, 1.54) is 0 Å². The fourth-order valence-corrected chi connectivity index (χ4v) is 1.61. The zero-order valence-corrected chi connectivity index (χ0v) is 9.65. The van der Waals surface area contributed by atoms with Crippen molar-refractivity contribution in [2.45, 2.75) is 13.0 Å². The Morgan fingerprint density at radius 3 is 3.00 bits per heavy atom. The number of carbonyl (C=O) groups excluding carboxylic acids is 1. The molecule has 0 aliphatic heterocycles. The van der Waals surface area contributed by atoms with E-state index in [1.54, 1.807) is 32.2 Å². The van der Waals surface area contributed by atoms with Crippen LogP contribution in [0.1, 0.15) is 17.5 Å². The van der Waals surface area contributed by atoms with Crippen molar-refractivity contribution < 1.29 is 9.21 Å². The smallest absolute Gasteiger partial charge is 0.255 e. The molecule has 0 saturated carbocycles. The van der Waals surface area contributed by atoms with Crippen LogP contribution in [0.5, 0.6) is 0 Å². The minimum atomic E-state index is -0.733. The summed E-state index contributed by atoms with van der Waals surface area (Å²) in [5.74, 6) is 0.289. The lowest BCUT2D eigenvalue weighted by atomic mass is 10.1. The van der Waals surface area contributed by atoms with Crippen LogP contribution in [0.3, 0.4) is 0 Å². The van der Waals surface area contributed by atoms with Crippen molar-refractivity contribution in [3.05, 3.63) is 29.7 Å². The Morgan fingerprint density at radius 2 is 2.29 bits per heavy atom. The van der Waals surface area contributed by atoms with Gasteiger partial charge in [0.15, 0.2) is 11.5 Å². The molecule has 1 atom stereocenters. The first kappa shape index (κ1) is 11.6. The monoisotopic (exact) mass is 234 g/mol. The summed E-state index contributed by atoms with van der Waals surface area (Å²) in [6.45, 7) is 1.77. The highest BCUT2D eigenvalue weighted by molar-refractivity contribution is 5.84. The van der Waals surface area contributed by atoms with Crippen molar-refractivity contribution in [3.8, 4) is 0 Å². The fourth-order valence-electron chi connectivity index (χ4n) is 1.61. The first-order chi connectivity index (χ1) is 8.11. The second kappa shape index (κ2) is 4.52. The van der Waals surface area contributed by atoms with Gasteiger partial charge in [-0.15, -0.1) is 0 Å². The van der Waals surface area contributed by atoms with Crippen molar-refractivity contribution in [1.29, 1.82) is 0 Å². The Bertz CT molecular complexity index is 549. The SMILES string of the molecule is CNNC(=O)C(N)c1ccc2oc(C)nc2c1. The minimum absolute atomic E-state index is 0.299. The van der Waals surface area contributed by atoms with Gasteiger partial charge in [-0.05, 0) is 17.7 Å². The van der Waals surface area contributed by atoms with Gasteiger partial charge in [0.2, 0.25) is 0 Å². The van der Waals surface area contributed by atoms with E-state index >= 15 is 0 Å². The molecule has 1 amide bonds. The van der Waals surface area contributed by atoms with Gasteiger partial charge in [-0.3, -0.25) is 10.2 Å². The second-order valence-corrected chi connectivity index (χ2v) is 3.68. The molecule has 17 heavy (non-hydrogen) atoms. The van der Waals surface area contributed by atoms with Crippen LogP contribution in [0.25, 0.3) is 11.1 Å². The number of hydrogen-bond acceptors (Lipinski definition) is 5. The number of fused-ring (bicyclic) bond motifs is 1. The fraction of sp³-hybridized carbons (Fsp3) is 0.273. The van der Waals surface area contributed by atoms with Crippen LogP contribution in [-0.2, 0) is 4.79 Å². The summed E-state index contributed by atoms with van der Waals surface area (Å²) in [5, 5.41) is 0. The third-order valence-electron chi connectivity index (χ3n) is 2.41. The van der Waals surface area contributed by atoms with Gasteiger partial charge in [-0.2, -0.15) is 0 Å². The van der Waals surface area contributed by atoms with E-state index in [1.807, 2.05) is 0 Å². The molecular formula is C11H14N4O2. The summed E-state index contributed by atoms with van der Waals surface area (Å²) in [5.41, 5.74) is 12.9. The molecule has 0 saturated heterocycles. The number of oxazole rings is 1. The lowest BCUT2D eigenvalue weighted by Crippen LogP contribution is -2.40. The molecule has 1 unspecified atom stereocenters. The number of nitrogens with zero attached hydrogens (tertiary/aromatic N) is 1. The molecule has 0 bridgehead atoms. The van der Waals surface area contributed by atoms with E-state index in [0.29, 0.717) is 22.6 Å². The van der Waals surface area contributed by atoms with Crippen LogP contribution in [-0.4, -0.2) is 17.9 Å². The van der Waals surface area contributed by atoms with Gasteiger partial charge in [0.1, 0.15) is 11.6 Å². The number of hydrogen-bond donors (Lipinski definition) is 3. The number of nitrogens with one attached hydrogen (secondary N) is 2. The van der Waals surface area contributed by atoms with Gasteiger partial charge in [0.05, 0.1) is 0 Å². The molecule has 0 aliphatic carbocycles. The van der Waals surface area contributed by atoms with E-state index in [4.69, 9.17) is 10.2 Å². The summed E-state index contributed by atoms with van der Waals surface area (Å²) < 4.78 is 5.35. The maximum absolute atomic E-state index is 11.5.